The van der Waals surface area contributed by atoms with Crippen molar-refractivity contribution >= 4 is 12.0 Å². The smallest absolute Gasteiger partial charge is 0.326 e. The summed E-state index contributed by atoms with van der Waals surface area (Å²) in [5.74, 6) is -0.907. The molecule has 0 aliphatic heterocycles. The zero-order valence-corrected chi connectivity index (χ0v) is 10.9. The Bertz CT molecular complexity index is 302. The normalized spacial score (nSPS) is 16.4. The number of hydrogen-bond acceptors (Lipinski definition) is 3. The molecule has 1 saturated carbocycles. The Morgan fingerprint density at radius 2 is 2.00 bits per heavy atom. The van der Waals surface area contributed by atoms with Gasteiger partial charge in [-0.3, -0.25) is 0 Å². The monoisotopic (exact) mass is 258 g/mol. The second kappa shape index (κ2) is 6.58. The van der Waals surface area contributed by atoms with E-state index in [-0.39, 0.29) is 24.6 Å². The van der Waals surface area contributed by atoms with E-state index in [1.54, 1.807) is 4.90 Å². The van der Waals surface area contributed by atoms with Crippen LogP contribution in [0.15, 0.2) is 0 Å². The molecule has 1 aliphatic carbocycles. The molecule has 1 fully saturated rings. The Hall–Kier alpha value is -1.30. The molecule has 18 heavy (non-hydrogen) atoms. The van der Waals surface area contributed by atoms with Gasteiger partial charge in [0.1, 0.15) is 6.04 Å². The van der Waals surface area contributed by atoms with Gasteiger partial charge < -0.3 is 20.4 Å². The van der Waals surface area contributed by atoms with E-state index < -0.39 is 12.0 Å². The number of hydrogen-bond donors (Lipinski definition) is 3. The van der Waals surface area contributed by atoms with Gasteiger partial charge in [-0.25, -0.2) is 9.59 Å². The number of rotatable bonds is 7. The third-order valence-corrected chi connectivity index (χ3v) is 3.08. The van der Waals surface area contributed by atoms with Gasteiger partial charge in [0.2, 0.25) is 0 Å². The fourth-order valence-corrected chi connectivity index (χ4v) is 1.86. The van der Waals surface area contributed by atoms with Gasteiger partial charge in [0.05, 0.1) is 0 Å². The molecule has 6 nitrogen and oxygen atoms in total. The lowest BCUT2D eigenvalue weighted by molar-refractivity contribution is -0.139. The molecule has 104 valence electrons. The molecule has 0 saturated heterocycles. The van der Waals surface area contributed by atoms with Gasteiger partial charge in [0.25, 0.3) is 0 Å². The molecule has 2 amide bonds. The highest BCUT2D eigenvalue weighted by Crippen LogP contribution is 2.32. The van der Waals surface area contributed by atoms with Gasteiger partial charge in [-0.2, -0.15) is 0 Å². The van der Waals surface area contributed by atoms with E-state index >= 15 is 0 Å². The SMILES string of the molecule is CC(C)N(CCCO)C(=O)NC(C(=O)O)C1CC1. The summed E-state index contributed by atoms with van der Waals surface area (Å²) >= 11 is 0. The summed E-state index contributed by atoms with van der Waals surface area (Å²) in [6, 6.07) is -1.17. The first-order valence-electron chi connectivity index (χ1n) is 6.38. The summed E-state index contributed by atoms with van der Waals surface area (Å²) in [6.07, 6.45) is 2.21. The first kappa shape index (κ1) is 14.8. The van der Waals surface area contributed by atoms with Crippen LogP contribution in [-0.4, -0.2) is 52.3 Å². The van der Waals surface area contributed by atoms with Crippen molar-refractivity contribution in [2.24, 2.45) is 5.92 Å². The highest BCUT2D eigenvalue weighted by atomic mass is 16.4. The maximum Gasteiger partial charge on any atom is 0.326 e. The highest BCUT2D eigenvalue weighted by Gasteiger charge is 2.38. The highest BCUT2D eigenvalue weighted by molar-refractivity contribution is 5.83. The van der Waals surface area contributed by atoms with Crippen molar-refractivity contribution in [3.8, 4) is 0 Å². The van der Waals surface area contributed by atoms with Crippen LogP contribution in [0.25, 0.3) is 0 Å². The predicted octanol–water partition coefficient (Wildman–Crippen LogP) is 0.652. The second-order valence-corrected chi connectivity index (χ2v) is 4.97. The van der Waals surface area contributed by atoms with E-state index in [1.807, 2.05) is 13.8 Å². The summed E-state index contributed by atoms with van der Waals surface area (Å²) in [5, 5.41) is 20.4. The van der Waals surface area contributed by atoms with E-state index in [1.165, 1.54) is 0 Å². The minimum atomic E-state index is -0.975. The van der Waals surface area contributed by atoms with Crippen LogP contribution in [-0.2, 0) is 4.79 Å². The Labute approximate surface area is 107 Å². The number of amides is 2. The first-order valence-corrected chi connectivity index (χ1v) is 6.38. The minimum absolute atomic E-state index is 0.0154. The molecule has 1 rings (SSSR count). The van der Waals surface area contributed by atoms with Crippen LogP contribution in [0.5, 0.6) is 0 Å². The number of carbonyl (C=O) groups excluding carboxylic acids is 1. The Morgan fingerprint density at radius 1 is 1.39 bits per heavy atom. The van der Waals surface area contributed by atoms with Crippen molar-refractivity contribution in [1.29, 1.82) is 0 Å². The molecule has 0 aromatic heterocycles. The standard InChI is InChI=1S/C12H22N2O4/c1-8(2)14(6-3-7-15)12(18)13-10(11(16)17)9-4-5-9/h8-10,15H,3-7H2,1-2H3,(H,13,18)(H,16,17). The molecule has 1 atom stereocenters. The van der Waals surface area contributed by atoms with Crippen LogP contribution >= 0.6 is 0 Å². The van der Waals surface area contributed by atoms with E-state index in [0.29, 0.717) is 13.0 Å². The van der Waals surface area contributed by atoms with E-state index in [9.17, 15) is 9.59 Å². The molecule has 0 radical (unpaired) electrons. The van der Waals surface area contributed by atoms with E-state index in [4.69, 9.17) is 10.2 Å². The lowest BCUT2D eigenvalue weighted by Gasteiger charge is -2.28. The fraction of sp³-hybridized carbons (Fsp3) is 0.833. The van der Waals surface area contributed by atoms with Gasteiger partial charge in [-0.05, 0) is 39.0 Å². The molecule has 0 aromatic rings. The zero-order valence-electron chi connectivity index (χ0n) is 10.9. The maximum absolute atomic E-state index is 12.0. The van der Waals surface area contributed by atoms with E-state index in [2.05, 4.69) is 5.32 Å². The summed E-state index contributed by atoms with van der Waals surface area (Å²) < 4.78 is 0. The summed E-state index contributed by atoms with van der Waals surface area (Å²) in [7, 11) is 0. The molecule has 6 heteroatoms. The quantitative estimate of drug-likeness (QED) is 0.625. The Kier molecular flexibility index (Phi) is 5.40. The molecule has 0 aromatic carbocycles. The maximum atomic E-state index is 12.0. The summed E-state index contributed by atoms with van der Waals surface area (Å²) in [5.41, 5.74) is 0. The largest absolute Gasteiger partial charge is 0.480 e. The van der Waals surface area contributed by atoms with Crippen LogP contribution in [0.1, 0.15) is 33.1 Å². The third-order valence-electron chi connectivity index (χ3n) is 3.08. The van der Waals surface area contributed by atoms with Crippen molar-refractivity contribution in [3.63, 3.8) is 0 Å². The van der Waals surface area contributed by atoms with Crippen LogP contribution in [0.4, 0.5) is 4.79 Å². The van der Waals surface area contributed by atoms with Crippen LogP contribution in [0.3, 0.4) is 0 Å². The molecule has 1 unspecified atom stereocenters. The number of nitrogens with one attached hydrogen (secondary N) is 1. The van der Waals surface area contributed by atoms with Crippen LogP contribution < -0.4 is 5.32 Å². The summed E-state index contributed by atoms with van der Waals surface area (Å²) in [4.78, 5) is 24.6. The third kappa shape index (κ3) is 4.18. The minimum Gasteiger partial charge on any atom is -0.480 e. The Morgan fingerprint density at radius 3 is 2.39 bits per heavy atom. The zero-order chi connectivity index (χ0) is 13.7. The average Bonchev–Trinajstić information content (AvgIpc) is 3.09. The molecule has 0 heterocycles. The first-order chi connectivity index (χ1) is 8.47. The lowest BCUT2D eigenvalue weighted by Crippen LogP contribution is -2.51. The summed E-state index contributed by atoms with van der Waals surface area (Å²) in [6.45, 7) is 4.17. The molecule has 3 N–H and O–H groups in total. The number of carbonyl (C=O) groups is 2. The van der Waals surface area contributed by atoms with Crippen LogP contribution in [0, 0.1) is 5.92 Å². The molecular formula is C12H22N2O4. The van der Waals surface area contributed by atoms with Gasteiger partial charge >= 0.3 is 12.0 Å². The number of carboxylic acids is 1. The van der Waals surface area contributed by atoms with Crippen LogP contribution in [0.2, 0.25) is 0 Å². The van der Waals surface area contributed by atoms with Gasteiger partial charge in [-0.15, -0.1) is 0 Å². The second-order valence-electron chi connectivity index (χ2n) is 4.97. The topological polar surface area (TPSA) is 89.9 Å². The number of aliphatic carboxylic acids is 1. The molecular weight excluding hydrogens is 236 g/mol. The van der Waals surface area contributed by atoms with Crippen molar-refractivity contribution in [1.82, 2.24) is 10.2 Å². The number of aliphatic hydroxyl groups is 1. The molecule has 0 bridgehead atoms. The predicted molar refractivity (Wildman–Crippen MR) is 66.2 cm³/mol. The lowest BCUT2D eigenvalue weighted by atomic mass is 10.2. The van der Waals surface area contributed by atoms with Gasteiger partial charge in [0.15, 0.2) is 0 Å². The van der Waals surface area contributed by atoms with Gasteiger partial charge in [-0.1, -0.05) is 0 Å². The van der Waals surface area contributed by atoms with Crippen molar-refractivity contribution in [3.05, 3.63) is 0 Å². The average molecular weight is 258 g/mol. The molecule has 0 spiro atoms. The van der Waals surface area contributed by atoms with Gasteiger partial charge in [0, 0.05) is 19.2 Å². The number of carboxylic acid groups (broad SMARTS) is 1. The van der Waals surface area contributed by atoms with Crippen molar-refractivity contribution < 1.29 is 19.8 Å². The molecule has 1 aliphatic rings. The Balaban J connectivity index is 2.56. The van der Waals surface area contributed by atoms with Crippen molar-refractivity contribution in [2.45, 2.75) is 45.2 Å². The number of urea groups is 1. The number of nitrogens with zero attached hydrogens (tertiary/aromatic N) is 1. The number of aliphatic hydroxyl groups excluding tert-OH is 1. The van der Waals surface area contributed by atoms with E-state index in [0.717, 1.165) is 12.8 Å². The van der Waals surface area contributed by atoms with Crippen molar-refractivity contribution in [2.75, 3.05) is 13.2 Å². The fourth-order valence-electron chi connectivity index (χ4n) is 1.86.